The normalized spacial score (nSPS) is 34.2. The second-order valence-corrected chi connectivity index (χ2v) is 17.0. The van der Waals surface area contributed by atoms with Crippen LogP contribution in [0.25, 0.3) is 0 Å². The number of nitrogens with two attached hydrogens (primary N) is 2. The first kappa shape index (κ1) is 36.9. The molecule has 20 heteroatoms. The van der Waals surface area contributed by atoms with Gasteiger partial charge in [-0.05, 0) is 13.8 Å². The molecular weight excluding hydrogens is 745 g/mol. The number of Topliss-reactive ketones (excluding diaryl/α,β-unsaturated/α-hetero) is 4. The third-order valence-electron chi connectivity index (χ3n) is 11.9. The molecule has 0 bridgehead atoms. The van der Waals surface area contributed by atoms with E-state index in [4.69, 9.17) is 30.4 Å². The minimum Gasteiger partial charge on any atom is -0.449 e. The first-order valence-electron chi connectivity index (χ1n) is 17.7. The minimum atomic E-state index is -1.05. The Bertz CT molecular complexity index is 1780. The molecule has 54 heavy (non-hydrogen) atoms. The zero-order valence-electron chi connectivity index (χ0n) is 30.1. The van der Waals surface area contributed by atoms with Gasteiger partial charge in [0, 0.05) is 86.3 Å². The summed E-state index contributed by atoms with van der Waals surface area (Å²) in [6.07, 6.45) is -1.96. The molecule has 8 aliphatic rings. The number of primary amides is 2. The first-order valence-corrected chi connectivity index (χ1v) is 20.2. The van der Waals surface area contributed by atoms with Gasteiger partial charge in [-0.2, -0.15) is 0 Å². The highest BCUT2D eigenvalue weighted by Crippen LogP contribution is 2.57. The number of rotatable bonds is 15. The van der Waals surface area contributed by atoms with Crippen LogP contribution in [-0.4, -0.2) is 146 Å². The number of piperazine rings is 2. The van der Waals surface area contributed by atoms with E-state index in [2.05, 4.69) is 21.3 Å². The molecule has 6 aliphatic heterocycles. The quantitative estimate of drug-likeness (QED) is 0.0470. The van der Waals surface area contributed by atoms with Crippen molar-refractivity contribution in [3.05, 3.63) is 45.1 Å². The molecule has 0 spiro atoms. The molecule has 2 aliphatic carbocycles. The number of carbonyl (C=O) groups excluding carboxylic acids is 6. The average molecular weight is 787 g/mol. The Morgan fingerprint density at radius 1 is 0.722 bits per heavy atom. The summed E-state index contributed by atoms with van der Waals surface area (Å²) in [6, 6.07) is -0.0663. The molecular formula is C34H42N8O10S2. The number of fused-ring (bicyclic) bond motifs is 8. The van der Waals surface area contributed by atoms with E-state index < -0.39 is 35.5 Å². The topological polar surface area (TPSA) is 266 Å². The van der Waals surface area contributed by atoms with Gasteiger partial charge in [-0.25, -0.2) is 9.59 Å². The number of ether oxygens (including phenoxy) is 4. The van der Waals surface area contributed by atoms with E-state index in [0.717, 1.165) is 0 Å². The molecule has 0 aromatic carbocycles. The highest BCUT2D eigenvalue weighted by Gasteiger charge is 2.74. The number of hydrogen-bond donors (Lipinski definition) is 6. The molecule has 8 N–H and O–H groups in total. The van der Waals surface area contributed by atoms with Crippen LogP contribution < -0.4 is 32.7 Å². The molecule has 6 heterocycles. The molecule has 8 rings (SSSR count). The maximum absolute atomic E-state index is 14.0. The van der Waals surface area contributed by atoms with E-state index >= 15 is 0 Å². The molecule has 0 radical (unpaired) electrons. The molecule has 4 fully saturated rings. The largest absolute Gasteiger partial charge is 0.449 e. The monoisotopic (exact) mass is 786 g/mol. The van der Waals surface area contributed by atoms with Gasteiger partial charge in [0.25, 0.3) is 0 Å². The van der Waals surface area contributed by atoms with E-state index in [9.17, 15) is 28.8 Å². The van der Waals surface area contributed by atoms with Gasteiger partial charge in [0.2, 0.25) is 23.1 Å². The van der Waals surface area contributed by atoms with Gasteiger partial charge >= 0.3 is 12.2 Å². The van der Waals surface area contributed by atoms with E-state index in [1.54, 1.807) is 13.8 Å². The molecule has 4 saturated heterocycles. The summed E-state index contributed by atoms with van der Waals surface area (Å²) in [5.41, 5.74) is 10.6. The van der Waals surface area contributed by atoms with Crippen molar-refractivity contribution < 1.29 is 47.7 Å². The minimum absolute atomic E-state index is 0.0990. The fraction of sp³-hybridized carbons (Fsp3) is 0.588. The second-order valence-electron chi connectivity index (χ2n) is 14.3. The Hall–Kier alpha value is -4.08. The Kier molecular flexibility index (Phi) is 9.08. The van der Waals surface area contributed by atoms with Crippen molar-refractivity contribution in [2.24, 2.45) is 23.3 Å². The molecule has 18 nitrogen and oxygen atoms in total. The summed E-state index contributed by atoms with van der Waals surface area (Å²) in [6.45, 7) is 4.57. The SMILES string of the molecule is CO[C@@]12[C@H](COC(N)=O)C3=C(C(=O)C(C)=C(NCCSSCCNC4=C(C)C(=O)C5=C(C4=O)[C@H](COC(N)=O)[C@@]4(OC)[C@H]6N[C@@H]6CN54)C3=O)N1C[C@@H]1N[C@@H]12. The Labute approximate surface area is 317 Å². The molecule has 0 unspecified atom stereocenters. The summed E-state index contributed by atoms with van der Waals surface area (Å²) in [4.78, 5) is 82.3. The van der Waals surface area contributed by atoms with Crippen LogP contribution in [0.2, 0.25) is 0 Å². The molecule has 0 aromatic rings. The lowest BCUT2D eigenvalue weighted by molar-refractivity contribution is -0.137. The average Bonchev–Trinajstić information content (AvgIpc) is 3.97. The number of nitrogens with zero attached hydrogens (tertiary/aromatic N) is 2. The van der Waals surface area contributed by atoms with Crippen LogP contribution in [0, 0.1) is 11.8 Å². The summed E-state index contributed by atoms with van der Waals surface area (Å²) < 4.78 is 22.4. The predicted octanol–water partition coefficient (Wildman–Crippen LogP) is -1.65. The van der Waals surface area contributed by atoms with Gasteiger partial charge in [-0.15, -0.1) is 0 Å². The summed E-state index contributed by atoms with van der Waals surface area (Å²) >= 11 is 0. The van der Waals surface area contributed by atoms with Crippen molar-refractivity contribution in [2.75, 3.05) is 65.1 Å². The van der Waals surface area contributed by atoms with E-state index in [1.165, 1.54) is 35.8 Å². The smallest absolute Gasteiger partial charge is 0.404 e. The third kappa shape index (κ3) is 5.16. The van der Waals surface area contributed by atoms with Gasteiger partial charge in [-0.1, -0.05) is 21.6 Å². The summed E-state index contributed by atoms with van der Waals surface area (Å²) in [7, 11) is 6.13. The number of amides is 2. The number of ketones is 4. The first-order chi connectivity index (χ1) is 25.8. The maximum atomic E-state index is 14.0. The van der Waals surface area contributed by atoms with Gasteiger partial charge in [-0.3, -0.25) is 19.2 Å². The zero-order valence-corrected chi connectivity index (χ0v) is 31.7. The van der Waals surface area contributed by atoms with E-state index in [1.807, 2.05) is 9.80 Å². The number of hydrogen-bond acceptors (Lipinski definition) is 18. The van der Waals surface area contributed by atoms with Gasteiger partial charge in [0.05, 0.1) is 46.7 Å². The standard InChI is InChI=1S/C34H42N8O10S2/c1-13-21(27(45)19-15(11-51-31(35)47)33(49-3)29-17(39-29)9-41(33)23(19)25(13)43)37-5-7-53-54-8-6-38-22-14(2)26(44)24-20(28(22)46)16(12-52-32(36)48)34(50-4)30-18(40-30)10-42(24)34/h15-18,29-30,37-40H,5-12H2,1-4H3,(H2,35,47)(H2,36,48)/t15-,16+,17+,18-,29-,30-,33+,34+/m0/s1. The van der Waals surface area contributed by atoms with Crippen molar-refractivity contribution in [3.8, 4) is 0 Å². The van der Waals surface area contributed by atoms with Crippen LogP contribution in [-0.2, 0) is 38.1 Å². The van der Waals surface area contributed by atoms with Crippen LogP contribution in [0.1, 0.15) is 13.8 Å². The van der Waals surface area contributed by atoms with Crippen LogP contribution in [0.4, 0.5) is 9.59 Å². The van der Waals surface area contributed by atoms with Crippen LogP contribution >= 0.6 is 21.6 Å². The fourth-order valence-electron chi connectivity index (χ4n) is 9.56. The highest BCUT2D eigenvalue weighted by atomic mass is 33.1. The van der Waals surface area contributed by atoms with Crippen LogP contribution in [0.15, 0.2) is 45.1 Å². The molecule has 290 valence electrons. The fourth-order valence-corrected chi connectivity index (χ4v) is 11.4. The molecule has 0 saturated carbocycles. The van der Waals surface area contributed by atoms with Crippen LogP contribution in [0.3, 0.4) is 0 Å². The van der Waals surface area contributed by atoms with Crippen molar-refractivity contribution in [3.63, 3.8) is 0 Å². The lowest BCUT2D eigenvalue weighted by Gasteiger charge is -2.39. The van der Waals surface area contributed by atoms with Crippen molar-refractivity contribution in [1.82, 2.24) is 31.1 Å². The van der Waals surface area contributed by atoms with Gasteiger partial charge in [0.1, 0.15) is 13.2 Å². The lowest BCUT2D eigenvalue weighted by Crippen LogP contribution is -2.55. The second kappa shape index (κ2) is 13.3. The van der Waals surface area contributed by atoms with Crippen molar-refractivity contribution in [2.45, 2.75) is 49.5 Å². The van der Waals surface area contributed by atoms with Crippen molar-refractivity contribution >= 4 is 56.9 Å². The maximum Gasteiger partial charge on any atom is 0.404 e. The number of methoxy groups -OCH3 is 2. The summed E-state index contributed by atoms with van der Waals surface area (Å²) in [5, 5.41) is 13.0. The van der Waals surface area contributed by atoms with Gasteiger partial charge in [0.15, 0.2) is 11.4 Å². The summed E-state index contributed by atoms with van der Waals surface area (Å²) in [5.74, 6) is -1.51. The number of nitrogens with one attached hydrogen (secondary N) is 4. The van der Waals surface area contributed by atoms with E-state index in [0.29, 0.717) is 60.2 Å². The predicted molar refractivity (Wildman–Crippen MR) is 193 cm³/mol. The van der Waals surface area contributed by atoms with Crippen LogP contribution in [0.5, 0.6) is 0 Å². The number of carbonyl (C=O) groups is 6. The molecule has 0 aromatic heterocycles. The third-order valence-corrected chi connectivity index (χ3v) is 14.3. The highest BCUT2D eigenvalue weighted by molar-refractivity contribution is 8.76. The van der Waals surface area contributed by atoms with Gasteiger partial charge < -0.3 is 61.5 Å². The molecule has 8 atom stereocenters. The Morgan fingerprint density at radius 3 is 1.46 bits per heavy atom. The Morgan fingerprint density at radius 2 is 1.11 bits per heavy atom. The zero-order chi connectivity index (χ0) is 38.4. The molecule has 2 amide bonds. The van der Waals surface area contributed by atoms with Crippen molar-refractivity contribution in [1.29, 1.82) is 0 Å². The van der Waals surface area contributed by atoms with E-state index in [-0.39, 0.29) is 83.1 Å². The number of allylic oxidation sites excluding steroid dienone is 4. The lowest BCUT2D eigenvalue weighted by atomic mass is 9.82. The Balaban J connectivity index is 0.855.